The standard InChI is InChI=1S/C17H22N2O4S/c1-3-19(4-2)24(21,22)16-7-5-15(6-8-16)17(20)18-11-9-14-10-12-23-13-14/h5-8,10,12-13H,3-4,9,11H2,1-2H3,(H,18,20). The van der Waals surface area contributed by atoms with Crippen molar-refractivity contribution in [2.75, 3.05) is 19.6 Å². The number of nitrogens with zero attached hydrogens (tertiary/aromatic N) is 1. The molecule has 7 heteroatoms. The van der Waals surface area contributed by atoms with Crippen LogP contribution in [0.5, 0.6) is 0 Å². The summed E-state index contributed by atoms with van der Waals surface area (Å²) in [7, 11) is -3.50. The number of hydrogen-bond acceptors (Lipinski definition) is 4. The van der Waals surface area contributed by atoms with Crippen molar-refractivity contribution in [3.05, 3.63) is 54.0 Å². The molecule has 6 nitrogen and oxygen atoms in total. The van der Waals surface area contributed by atoms with Crippen LogP contribution in [0.3, 0.4) is 0 Å². The molecule has 1 amide bonds. The number of rotatable bonds is 8. The van der Waals surface area contributed by atoms with Gasteiger partial charge in [-0.05, 0) is 42.3 Å². The average molecular weight is 350 g/mol. The Labute approximate surface area is 142 Å². The lowest BCUT2D eigenvalue weighted by molar-refractivity contribution is 0.0954. The Balaban J connectivity index is 1.99. The lowest BCUT2D eigenvalue weighted by atomic mass is 10.2. The molecule has 0 saturated heterocycles. The molecule has 1 heterocycles. The minimum absolute atomic E-state index is 0.196. The Hall–Kier alpha value is -2.12. The summed E-state index contributed by atoms with van der Waals surface area (Å²) in [6, 6.07) is 7.85. The van der Waals surface area contributed by atoms with Gasteiger partial charge >= 0.3 is 0 Å². The van der Waals surface area contributed by atoms with Gasteiger partial charge in [-0.25, -0.2) is 8.42 Å². The highest BCUT2D eigenvalue weighted by atomic mass is 32.2. The molecule has 1 aromatic heterocycles. The van der Waals surface area contributed by atoms with Crippen molar-refractivity contribution in [1.29, 1.82) is 0 Å². The van der Waals surface area contributed by atoms with Crippen molar-refractivity contribution < 1.29 is 17.6 Å². The summed E-state index contributed by atoms with van der Waals surface area (Å²) in [5.41, 5.74) is 1.44. The first-order chi connectivity index (χ1) is 11.5. The molecule has 0 radical (unpaired) electrons. The molecule has 130 valence electrons. The molecule has 2 aromatic rings. The number of sulfonamides is 1. The van der Waals surface area contributed by atoms with E-state index >= 15 is 0 Å². The van der Waals surface area contributed by atoms with Gasteiger partial charge in [0.2, 0.25) is 10.0 Å². The van der Waals surface area contributed by atoms with Crippen LogP contribution in [-0.2, 0) is 16.4 Å². The topological polar surface area (TPSA) is 79.6 Å². The molecule has 0 aliphatic carbocycles. The van der Waals surface area contributed by atoms with Crippen LogP contribution < -0.4 is 5.32 Å². The van der Waals surface area contributed by atoms with Gasteiger partial charge in [0.15, 0.2) is 0 Å². The van der Waals surface area contributed by atoms with Gasteiger partial charge in [-0.3, -0.25) is 4.79 Å². The summed E-state index contributed by atoms with van der Waals surface area (Å²) in [6.45, 7) is 4.90. The molecule has 0 atom stereocenters. The largest absolute Gasteiger partial charge is 0.472 e. The van der Waals surface area contributed by atoms with Crippen molar-refractivity contribution in [2.45, 2.75) is 25.2 Å². The highest BCUT2D eigenvalue weighted by molar-refractivity contribution is 7.89. The first-order valence-corrected chi connectivity index (χ1v) is 9.32. The monoisotopic (exact) mass is 350 g/mol. The summed E-state index contributed by atoms with van der Waals surface area (Å²) in [6.07, 6.45) is 3.90. The van der Waals surface area contributed by atoms with E-state index in [1.165, 1.54) is 28.6 Å². The average Bonchev–Trinajstić information content (AvgIpc) is 3.09. The molecule has 1 N–H and O–H groups in total. The Morgan fingerprint density at radius 2 is 1.79 bits per heavy atom. The van der Waals surface area contributed by atoms with Gasteiger partial charge in [0.05, 0.1) is 17.4 Å². The molecule has 0 saturated carbocycles. The molecule has 0 spiro atoms. The normalized spacial score (nSPS) is 11.6. The highest BCUT2D eigenvalue weighted by Crippen LogP contribution is 2.16. The first kappa shape index (κ1) is 18.2. The zero-order valence-corrected chi connectivity index (χ0v) is 14.7. The van der Waals surface area contributed by atoms with Crippen LogP contribution in [0.25, 0.3) is 0 Å². The summed E-state index contributed by atoms with van der Waals surface area (Å²) in [4.78, 5) is 12.3. The number of benzene rings is 1. The van der Waals surface area contributed by atoms with Crippen molar-refractivity contribution in [1.82, 2.24) is 9.62 Å². The molecular formula is C17H22N2O4S. The predicted molar refractivity (Wildman–Crippen MR) is 91.3 cm³/mol. The minimum atomic E-state index is -3.50. The Bertz CT molecular complexity index is 748. The zero-order valence-electron chi connectivity index (χ0n) is 13.9. The van der Waals surface area contributed by atoms with E-state index in [2.05, 4.69) is 5.32 Å². The van der Waals surface area contributed by atoms with Crippen LogP contribution in [0.1, 0.15) is 29.8 Å². The van der Waals surface area contributed by atoms with E-state index in [9.17, 15) is 13.2 Å². The first-order valence-electron chi connectivity index (χ1n) is 7.88. The van der Waals surface area contributed by atoms with E-state index in [1.807, 2.05) is 6.07 Å². The minimum Gasteiger partial charge on any atom is -0.472 e. The number of carbonyl (C=O) groups is 1. The van der Waals surface area contributed by atoms with Gasteiger partial charge in [0.1, 0.15) is 0 Å². The maximum atomic E-state index is 12.4. The summed E-state index contributed by atoms with van der Waals surface area (Å²) >= 11 is 0. The van der Waals surface area contributed by atoms with Crippen LogP contribution >= 0.6 is 0 Å². The van der Waals surface area contributed by atoms with Gasteiger partial charge < -0.3 is 9.73 Å². The van der Waals surface area contributed by atoms with Crippen LogP contribution in [0.4, 0.5) is 0 Å². The zero-order chi connectivity index (χ0) is 17.6. The molecular weight excluding hydrogens is 328 g/mol. The molecule has 24 heavy (non-hydrogen) atoms. The summed E-state index contributed by atoms with van der Waals surface area (Å²) in [5, 5.41) is 2.80. The molecule has 2 rings (SSSR count). The van der Waals surface area contributed by atoms with Gasteiger partial charge in [-0.15, -0.1) is 0 Å². The third-order valence-corrected chi connectivity index (χ3v) is 5.80. The second-order valence-corrected chi connectivity index (χ2v) is 7.19. The Morgan fingerprint density at radius 3 is 2.33 bits per heavy atom. The van der Waals surface area contributed by atoms with Crippen molar-refractivity contribution in [3.8, 4) is 0 Å². The van der Waals surface area contributed by atoms with Crippen LogP contribution in [-0.4, -0.2) is 38.3 Å². The quantitative estimate of drug-likeness (QED) is 0.792. The molecule has 0 aliphatic rings. The lowest BCUT2D eigenvalue weighted by Crippen LogP contribution is -2.30. The van der Waals surface area contributed by atoms with Crippen LogP contribution in [0.15, 0.2) is 52.2 Å². The second-order valence-electron chi connectivity index (χ2n) is 5.25. The fourth-order valence-electron chi connectivity index (χ4n) is 2.35. The Morgan fingerprint density at radius 1 is 1.12 bits per heavy atom. The molecule has 0 fully saturated rings. The molecule has 0 aliphatic heterocycles. The van der Waals surface area contributed by atoms with Crippen molar-refractivity contribution >= 4 is 15.9 Å². The third-order valence-electron chi connectivity index (χ3n) is 3.74. The summed E-state index contributed by atoms with van der Waals surface area (Å²) < 4.78 is 31.1. The molecule has 0 bridgehead atoms. The molecule has 1 aromatic carbocycles. The number of carbonyl (C=O) groups excluding carboxylic acids is 1. The van der Waals surface area contributed by atoms with E-state index < -0.39 is 10.0 Å². The van der Waals surface area contributed by atoms with E-state index in [4.69, 9.17) is 4.42 Å². The van der Waals surface area contributed by atoms with Crippen molar-refractivity contribution in [3.63, 3.8) is 0 Å². The Kier molecular flexibility index (Phi) is 6.16. The van der Waals surface area contributed by atoms with E-state index in [0.29, 0.717) is 31.6 Å². The predicted octanol–water partition coefficient (Wildman–Crippen LogP) is 2.28. The fraction of sp³-hybridized carbons (Fsp3) is 0.353. The molecule has 0 unspecified atom stereocenters. The smallest absolute Gasteiger partial charge is 0.251 e. The van der Waals surface area contributed by atoms with Gasteiger partial charge in [-0.1, -0.05) is 13.8 Å². The summed E-state index contributed by atoms with van der Waals surface area (Å²) in [5.74, 6) is -0.231. The maximum absolute atomic E-state index is 12.4. The lowest BCUT2D eigenvalue weighted by Gasteiger charge is -2.18. The van der Waals surface area contributed by atoms with E-state index in [1.54, 1.807) is 26.4 Å². The second kappa shape index (κ2) is 8.12. The van der Waals surface area contributed by atoms with Gasteiger partial charge in [0.25, 0.3) is 5.91 Å². The van der Waals surface area contributed by atoms with Gasteiger partial charge in [-0.2, -0.15) is 4.31 Å². The fourth-order valence-corrected chi connectivity index (χ4v) is 3.81. The third kappa shape index (κ3) is 4.24. The number of amides is 1. The van der Waals surface area contributed by atoms with E-state index in [0.717, 1.165) is 5.56 Å². The van der Waals surface area contributed by atoms with E-state index in [-0.39, 0.29) is 10.8 Å². The van der Waals surface area contributed by atoms with Crippen LogP contribution in [0.2, 0.25) is 0 Å². The number of nitrogens with one attached hydrogen (secondary N) is 1. The van der Waals surface area contributed by atoms with Crippen LogP contribution in [0, 0.1) is 0 Å². The maximum Gasteiger partial charge on any atom is 0.251 e. The highest BCUT2D eigenvalue weighted by Gasteiger charge is 2.21. The number of furan rings is 1. The van der Waals surface area contributed by atoms with Gasteiger partial charge in [0, 0.05) is 25.2 Å². The van der Waals surface area contributed by atoms with Crippen molar-refractivity contribution in [2.24, 2.45) is 0 Å². The number of hydrogen-bond donors (Lipinski definition) is 1. The SMILES string of the molecule is CCN(CC)S(=O)(=O)c1ccc(C(=O)NCCc2ccoc2)cc1.